The molecule has 0 radical (unpaired) electrons. The van der Waals surface area contributed by atoms with Gasteiger partial charge in [0.25, 0.3) is 0 Å². The van der Waals surface area contributed by atoms with Crippen LogP contribution in [0.4, 0.5) is 0 Å². The Hall–Kier alpha value is -2.03. The number of esters is 2. The zero-order valence-electron chi connectivity index (χ0n) is 19.6. The number of carbonyl (C=O) groups is 3. The number of rotatable bonds is 0. The summed E-state index contributed by atoms with van der Waals surface area (Å²) in [5.41, 5.74) is -7.66. The fraction of sp³-hybridized carbons (Fsp3) is 0.720. The standard InChI is InChI=1S/C25H28O8/c1-10-20(5)9-13-21(6,23(10)18(28)30-11(2)24(23,29)17(20)27)15-16-25(33-16)12(22(13,7)32-15)8-14(26)31-19(25,3)4/h8,11,13,15-16,29H,1,9H2,2-7H3/t11-,13+,15-,16+,20+,21+,22-,23+,24-,25-/m0/s1. The Labute approximate surface area is 191 Å². The molecule has 3 saturated heterocycles. The first-order valence-electron chi connectivity index (χ1n) is 11.6. The van der Waals surface area contributed by atoms with Gasteiger partial charge in [-0.1, -0.05) is 13.5 Å². The van der Waals surface area contributed by atoms with Crippen molar-refractivity contribution in [3.8, 4) is 0 Å². The van der Waals surface area contributed by atoms with Crippen molar-refractivity contribution in [3.05, 3.63) is 23.8 Å². The molecular weight excluding hydrogens is 428 g/mol. The molecule has 6 fully saturated rings. The van der Waals surface area contributed by atoms with E-state index in [2.05, 4.69) is 6.58 Å². The van der Waals surface area contributed by atoms with Crippen molar-refractivity contribution in [2.45, 2.75) is 88.7 Å². The summed E-state index contributed by atoms with van der Waals surface area (Å²) in [5, 5.41) is 12.1. The Morgan fingerprint density at radius 3 is 2.39 bits per heavy atom. The van der Waals surface area contributed by atoms with Crippen molar-refractivity contribution in [1.82, 2.24) is 0 Å². The molecule has 3 aliphatic carbocycles. The van der Waals surface area contributed by atoms with Gasteiger partial charge >= 0.3 is 11.9 Å². The van der Waals surface area contributed by atoms with E-state index in [-0.39, 0.29) is 5.92 Å². The summed E-state index contributed by atoms with van der Waals surface area (Å²) in [7, 11) is 0. The van der Waals surface area contributed by atoms with E-state index in [0.717, 1.165) is 0 Å². The molecule has 1 N–H and O–H groups in total. The van der Waals surface area contributed by atoms with Crippen LogP contribution >= 0.6 is 0 Å². The maximum atomic E-state index is 13.9. The zero-order valence-corrected chi connectivity index (χ0v) is 19.6. The predicted molar refractivity (Wildman–Crippen MR) is 111 cm³/mol. The van der Waals surface area contributed by atoms with Gasteiger partial charge in [0.05, 0.1) is 17.1 Å². The molecule has 10 atom stereocenters. The summed E-state index contributed by atoms with van der Waals surface area (Å²) < 4.78 is 24.4. The molecular formula is C25H28O8. The normalized spacial score (nSPS) is 60.9. The Bertz CT molecular complexity index is 1180. The summed E-state index contributed by atoms with van der Waals surface area (Å²) in [6.45, 7) is 15.1. The third kappa shape index (κ3) is 1.45. The number of fused-ring (bicyclic) bond motifs is 3. The topological polar surface area (TPSA) is 112 Å². The van der Waals surface area contributed by atoms with Crippen LogP contribution in [-0.4, -0.2) is 63.5 Å². The molecule has 7 aliphatic rings. The van der Waals surface area contributed by atoms with E-state index < -0.39 is 74.7 Å². The summed E-state index contributed by atoms with van der Waals surface area (Å²) >= 11 is 0. The van der Waals surface area contributed by atoms with E-state index in [1.165, 1.54) is 6.08 Å². The minimum Gasteiger partial charge on any atom is -0.458 e. The van der Waals surface area contributed by atoms with Crippen molar-refractivity contribution in [2.24, 2.45) is 22.2 Å². The molecule has 4 aliphatic heterocycles. The highest BCUT2D eigenvalue weighted by atomic mass is 16.7. The lowest BCUT2D eigenvalue weighted by Crippen LogP contribution is -2.65. The Balaban J connectivity index is 1.57. The number of hydrogen-bond acceptors (Lipinski definition) is 8. The number of aliphatic hydroxyl groups is 1. The summed E-state index contributed by atoms with van der Waals surface area (Å²) in [5.74, 6) is -1.90. The third-order valence-electron chi connectivity index (χ3n) is 10.9. The second-order valence-electron chi connectivity index (χ2n) is 12.2. The quantitative estimate of drug-likeness (QED) is 0.331. The van der Waals surface area contributed by atoms with Crippen LogP contribution in [0.5, 0.6) is 0 Å². The zero-order chi connectivity index (χ0) is 23.9. The number of ketones is 1. The van der Waals surface area contributed by atoms with E-state index in [9.17, 15) is 19.5 Å². The number of Topliss-reactive ketones (excluding diaryl/α,β-unsaturated/α-hetero) is 1. The lowest BCUT2D eigenvalue weighted by Gasteiger charge is -2.54. The van der Waals surface area contributed by atoms with E-state index in [1.807, 2.05) is 27.7 Å². The van der Waals surface area contributed by atoms with Gasteiger partial charge in [0, 0.05) is 23.0 Å². The first-order chi connectivity index (χ1) is 15.1. The van der Waals surface area contributed by atoms with Gasteiger partial charge in [0.1, 0.15) is 23.2 Å². The number of epoxide rings is 1. The van der Waals surface area contributed by atoms with Crippen LogP contribution in [0, 0.1) is 22.2 Å². The lowest BCUT2D eigenvalue weighted by atomic mass is 9.44. The van der Waals surface area contributed by atoms with Gasteiger partial charge in [-0.25, -0.2) is 4.79 Å². The van der Waals surface area contributed by atoms with Gasteiger partial charge in [-0.15, -0.1) is 0 Å². The molecule has 33 heavy (non-hydrogen) atoms. The summed E-state index contributed by atoms with van der Waals surface area (Å²) in [6.07, 6.45) is -0.366. The van der Waals surface area contributed by atoms with Crippen LogP contribution in [0.1, 0.15) is 48.0 Å². The molecule has 4 bridgehead atoms. The van der Waals surface area contributed by atoms with Crippen LogP contribution in [0.3, 0.4) is 0 Å². The molecule has 7 rings (SSSR count). The van der Waals surface area contributed by atoms with Crippen LogP contribution < -0.4 is 0 Å². The van der Waals surface area contributed by atoms with Crippen molar-refractivity contribution < 1.29 is 38.4 Å². The second kappa shape index (κ2) is 4.72. The second-order valence-corrected chi connectivity index (χ2v) is 12.2. The maximum Gasteiger partial charge on any atom is 0.331 e. The van der Waals surface area contributed by atoms with Crippen LogP contribution in [0.15, 0.2) is 23.8 Å². The summed E-state index contributed by atoms with van der Waals surface area (Å²) in [6, 6.07) is 0. The number of cyclic esters (lactones) is 2. The first kappa shape index (κ1) is 20.4. The molecule has 0 amide bonds. The Morgan fingerprint density at radius 2 is 1.73 bits per heavy atom. The average molecular weight is 456 g/mol. The smallest absolute Gasteiger partial charge is 0.331 e. The molecule has 176 valence electrons. The van der Waals surface area contributed by atoms with Crippen molar-refractivity contribution in [2.75, 3.05) is 0 Å². The van der Waals surface area contributed by atoms with Crippen molar-refractivity contribution >= 4 is 17.7 Å². The van der Waals surface area contributed by atoms with Crippen LogP contribution in [-0.2, 0) is 33.3 Å². The monoisotopic (exact) mass is 456 g/mol. The molecule has 0 aromatic heterocycles. The largest absolute Gasteiger partial charge is 0.458 e. The highest BCUT2D eigenvalue weighted by Gasteiger charge is 2.96. The van der Waals surface area contributed by atoms with Gasteiger partial charge in [-0.05, 0) is 46.6 Å². The van der Waals surface area contributed by atoms with Crippen LogP contribution in [0.25, 0.3) is 0 Å². The minimum absolute atomic E-state index is 0.341. The fourth-order valence-corrected chi connectivity index (χ4v) is 9.36. The SMILES string of the molecule is C=C1[C@@]2(C)C[C@@H]3[C@](C)([C@H]4O[C@@]3(C)C3=CC(=O)OC(C)(C)[C@]35O[C@H]45)[C@]13C(=O)O[C@@H](C)[C@]3(O)C2=O. The molecule has 8 nitrogen and oxygen atoms in total. The van der Waals surface area contributed by atoms with Crippen LogP contribution in [0.2, 0.25) is 0 Å². The van der Waals surface area contributed by atoms with Gasteiger partial charge in [0.2, 0.25) is 0 Å². The molecule has 3 saturated carbocycles. The third-order valence-corrected chi connectivity index (χ3v) is 10.9. The molecule has 0 aromatic rings. The van der Waals surface area contributed by atoms with E-state index in [1.54, 1.807) is 13.8 Å². The number of ether oxygens (including phenoxy) is 4. The van der Waals surface area contributed by atoms with Crippen molar-refractivity contribution in [1.29, 1.82) is 0 Å². The summed E-state index contributed by atoms with van der Waals surface area (Å²) in [4.78, 5) is 40.3. The highest BCUT2D eigenvalue weighted by molar-refractivity contribution is 6.11. The number of carbonyl (C=O) groups excluding carboxylic acids is 3. The van der Waals surface area contributed by atoms with Gasteiger partial charge < -0.3 is 24.1 Å². The molecule has 0 unspecified atom stereocenters. The Kier molecular flexibility index (Phi) is 2.91. The molecule has 4 heterocycles. The highest BCUT2D eigenvalue weighted by Crippen LogP contribution is 2.84. The Morgan fingerprint density at radius 1 is 1.06 bits per heavy atom. The van der Waals surface area contributed by atoms with Gasteiger partial charge in [-0.2, -0.15) is 0 Å². The lowest BCUT2D eigenvalue weighted by molar-refractivity contribution is -0.168. The molecule has 2 spiro atoms. The maximum absolute atomic E-state index is 13.9. The van der Waals surface area contributed by atoms with Gasteiger partial charge in [0.15, 0.2) is 17.0 Å². The predicted octanol–water partition coefficient (Wildman–Crippen LogP) is 1.39. The van der Waals surface area contributed by atoms with E-state index in [0.29, 0.717) is 17.6 Å². The fourth-order valence-electron chi connectivity index (χ4n) is 9.36. The van der Waals surface area contributed by atoms with Gasteiger partial charge in [-0.3, -0.25) is 9.59 Å². The van der Waals surface area contributed by atoms with E-state index in [4.69, 9.17) is 18.9 Å². The van der Waals surface area contributed by atoms with E-state index >= 15 is 0 Å². The molecule has 8 heteroatoms. The average Bonchev–Trinajstić information content (AvgIpc) is 3.36. The minimum atomic E-state index is -2.06. The first-order valence-corrected chi connectivity index (χ1v) is 11.6. The molecule has 0 aromatic carbocycles. The number of hydrogen-bond donors (Lipinski definition) is 1. The van der Waals surface area contributed by atoms with Crippen molar-refractivity contribution in [3.63, 3.8) is 0 Å².